The van der Waals surface area contributed by atoms with Gasteiger partial charge in [0.15, 0.2) is 0 Å². The number of carboxylic acid groups (broad SMARTS) is 1. The van der Waals surface area contributed by atoms with Crippen LogP contribution in [0.15, 0.2) is 16.6 Å². The highest BCUT2D eigenvalue weighted by Crippen LogP contribution is 2.39. The topological polar surface area (TPSA) is 104 Å². The van der Waals surface area contributed by atoms with Crippen molar-refractivity contribution < 1.29 is 28.9 Å². The van der Waals surface area contributed by atoms with Gasteiger partial charge in [-0.15, -0.1) is 0 Å². The third kappa shape index (κ3) is 2.60. The molecular weight excluding hydrogens is 316 g/mol. The van der Waals surface area contributed by atoms with Gasteiger partial charge in [0.25, 0.3) is 5.92 Å². The molecule has 0 unspecified atom stereocenters. The zero-order valence-corrected chi connectivity index (χ0v) is 10.5. The number of aliphatic hydroxyl groups is 1. The molecular formula is C10H10BrF2NO4. The second kappa shape index (κ2) is 5.17. The monoisotopic (exact) mass is 325 g/mol. The SMILES string of the molecule is N[C@H](c1c(C(=O)O)ccc(Br)c1O)C(F)(F)CO. The fraction of sp³-hybridized carbons (Fsp3) is 0.300. The first-order chi connectivity index (χ1) is 8.22. The number of rotatable bonds is 4. The molecule has 1 atom stereocenters. The number of hydrogen-bond donors (Lipinski definition) is 4. The summed E-state index contributed by atoms with van der Waals surface area (Å²) in [5, 5.41) is 27.1. The first kappa shape index (κ1) is 14.8. The van der Waals surface area contributed by atoms with Crippen LogP contribution in [0.3, 0.4) is 0 Å². The van der Waals surface area contributed by atoms with E-state index in [1.807, 2.05) is 0 Å². The Bertz CT molecular complexity index is 481. The molecule has 18 heavy (non-hydrogen) atoms. The molecule has 0 heterocycles. The molecule has 0 amide bonds. The molecule has 1 aromatic rings. The Kier molecular flexibility index (Phi) is 4.25. The zero-order chi connectivity index (χ0) is 14.1. The fourth-order valence-corrected chi connectivity index (χ4v) is 1.74. The molecule has 0 spiro atoms. The molecule has 0 aliphatic heterocycles. The molecule has 0 radical (unpaired) electrons. The third-order valence-electron chi connectivity index (χ3n) is 2.38. The van der Waals surface area contributed by atoms with Crippen LogP contribution in [0.2, 0.25) is 0 Å². The summed E-state index contributed by atoms with van der Waals surface area (Å²) in [6.45, 7) is -1.56. The normalized spacial score (nSPS) is 13.4. The minimum atomic E-state index is -3.75. The summed E-state index contributed by atoms with van der Waals surface area (Å²) in [4.78, 5) is 10.9. The summed E-state index contributed by atoms with van der Waals surface area (Å²) in [7, 11) is 0. The molecule has 100 valence electrons. The number of carboxylic acids is 1. The predicted octanol–water partition coefficient (Wildman–Crippen LogP) is 1.48. The summed E-state index contributed by atoms with van der Waals surface area (Å²) in [6.07, 6.45) is 0. The van der Waals surface area contributed by atoms with Crippen LogP contribution in [0.25, 0.3) is 0 Å². The Hall–Kier alpha value is -1.25. The molecule has 0 aliphatic rings. The number of phenols is 1. The molecule has 1 aromatic carbocycles. The largest absolute Gasteiger partial charge is 0.506 e. The van der Waals surface area contributed by atoms with Gasteiger partial charge in [-0.05, 0) is 28.1 Å². The Morgan fingerprint density at radius 2 is 2.06 bits per heavy atom. The molecule has 5 nitrogen and oxygen atoms in total. The summed E-state index contributed by atoms with van der Waals surface area (Å²) in [5.74, 6) is -5.94. The van der Waals surface area contributed by atoms with Crippen LogP contribution in [0.4, 0.5) is 8.78 Å². The van der Waals surface area contributed by atoms with Crippen molar-refractivity contribution in [1.82, 2.24) is 0 Å². The molecule has 0 aliphatic carbocycles. The van der Waals surface area contributed by atoms with Crippen molar-refractivity contribution in [3.05, 3.63) is 27.7 Å². The zero-order valence-electron chi connectivity index (χ0n) is 8.90. The van der Waals surface area contributed by atoms with E-state index < -0.39 is 41.4 Å². The number of alkyl halides is 2. The lowest BCUT2D eigenvalue weighted by Crippen LogP contribution is -2.37. The van der Waals surface area contributed by atoms with Crippen LogP contribution in [-0.2, 0) is 0 Å². The van der Waals surface area contributed by atoms with Crippen LogP contribution in [0.5, 0.6) is 5.75 Å². The maximum Gasteiger partial charge on any atom is 0.336 e. The lowest BCUT2D eigenvalue weighted by Gasteiger charge is -2.24. The second-order valence-electron chi connectivity index (χ2n) is 3.56. The van der Waals surface area contributed by atoms with Gasteiger partial charge < -0.3 is 21.1 Å². The van der Waals surface area contributed by atoms with Gasteiger partial charge in [-0.3, -0.25) is 0 Å². The standard InChI is InChI=1S/C10H10BrF2NO4/c11-5-2-1-4(9(17)18)6(7(5)16)8(14)10(12,13)3-15/h1-2,8,15-16H,3,14H2,(H,17,18)/t8-/m1/s1. The molecule has 0 fully saturated rings. The maximum absolute atomic E-state index is 13.3. The summed E-state index contributed by atoms with van der Waals surface area (Å²) >= 11 is 2.88. The molecule has 0 saturated carbocycles. The van der Waals surface area contributed by atoms with Gasteiger partial charge in [-0.1, -0.05) is 0 Å². The number of aromatic carboxylic acids is 1. The fourth-order valence-electron chi connectivity index (χ4n) is 1.39. The van der Waals surface area contributed by atoms with Gasteiger partial charge in [0.1, 0.15) is 18.4 Å². The van der Waals surface area contributed by atoms with E-state index in [9.17, 15) is 18.7 Å². The second-order valence-corrected chi connectivity index (χ2v) is 4.41. The number of phenolic OH excluding ortho intramolecular Hbond substituents is 1. The van der Waals surface area contributed by atoms with Crippen molar-refractivity contribution in [3.8, 4) is 5.75 Å². The van der Waals surface area contributed by atoms with Crippen LogP contribution >= 0.6 is 15.9 Å². The Balaban J connectivity index is 3.46. The minimum Gasteiger partial charge on any atom is -0.506 e. The number of aliphatic hydroxyl groups excluding tert-OH is 1. The highest BCUT2D eigenvalue weighted by molar-refractivity contribution is 9.10. The van der Waals surface area contributed by atoms with Gasteiger partial charge in [0.2, 0.25) is 0 Å². The number of aromatic hydroxyl groups is 1. The quantitative estimate of drug-likeness (QED) is 0.671. The van der Waals surface area contributed by atoms with Gasteiger partial charge in [-0.2, -0.15) is 0 Å². The van der Waals surface area contributed by atoms with Crippen molar-refractivity contribution in [1.29, 1.82) is 0 Å². The van der Waals surface area contributed by atoms with E-state index in [1.54, 1.807) is 0 Å². The van der Waals surface area contributed by atoms with E-state index in [4.69, 9.17) is 15.9 Å². The molecule has 0 saturated heterocycles. The summed E-state index contributed by atoms with van der Waals surface area (Å²) in [5.41, 5.74) is 4.06. The van der Waals surface area contributed by atoms with Crippen molar-refractivity contribution >= 4 is 21.9 Å². The van der Waals surface area contributed by atoms with Crippen molar-refractivity contribution in [2.75, 3.05) is 6.61 Å². The van der Waals surface area contributed by atoms with Crippen LogP contribution in [0.1, 0.15) is 22.0 Å². The first-order valence-electron chi connectivity index (χ1n) is 4.71. The van der Waals surface area contributed by atoms with Gasteiger partial charge in [0, 0.05) is 5.56 Å². The van der Waals surface area contributed by atoms with E-state index in [1.165, 1.54) is 6.07 Å². The summed E-state index contributed by atoms with van der Waals surface area (Å²) < 4.78 is 26.6. The van der Waals surface area contributed by atoms with Crippen LogP contribution in [0, 0.1) is 0 Å². The summed E-state index contributed by atoms with van der Waals surface area (Å²) in [6, 6.07) is 0.104. The minimum absolute atomic E-state index is 0.0340. The third-order valence-corrected chi connectivity index (χ3v) is 3.01. The van der Waals surface area contributed by atoms with E-state index in [0.717, 1.165) is 6.07 Å². The molecule has 5 N–H and O–H groups in total. The Morgan fingerprint density at radius 1 is 1.50 bits per heavy atom. The Labute approximate surface area is 109 Å². The van der Waals surface area contributed by atoms with Gasteiger partial charge in [-0.25, -0.2) is 13.6 Å². The van der Waals surface area contributed by atoms with E-state index >= 15 is 0 Å². The number of nitrogens with two attached hydrogens (primary N) is 1. The highest BCUT2D eigenvalue weighted by atomic mass is 79.9. The lowest BCUT2D eigenvalue weighted by molar-refractivity contribution is -0.0717. The average molecular weight is 326 g/mol. The number of carbonyl (C=O) groups is 1. The first-order valence-corrected chi connectivity index (χ1v) is 5.50. The number of hydrogen-bond acceptors (Lipinski definition) is 4. The lowest BCUT2D eigenvalue weighted by atomic mass is 9.95. The number of benzene rings is 1. The molecule has 8 heteroatoms. The maximum atomic E-state index is 13.3. The van der Waals surface area contributed by atoms with Crippen molar-refractivity contribution in [2.45, 2.75) is 12.0 Å². The Morgan fingerprint density at radius 3 is 2.50 bits per heavy atom. The van der Waals surface area contributed by atoms with Crippen LogP contribution in [-0.4, -0.2) is 33.8 Å². The molecule has 0 bridgehead atoms. The van der Waals surface area contributed by atoms with Gasteiger partial charge >= 0.3 is 5.97 Å². The van der Waals surface area contributed by atoms with Gasteiger partial charge in [0.05, 0.1) is 10.0 Å². The molecule has 0 aromatic heterocycles. The predicted molar refractivity (Wildman–Crippen MR) is 61.7 cm³/mol. The van der Waals surface area contributed by atoms with E-state index in [0.29, 0.717) is 0 Å². The highest BCUT2D eigenvalue weighted by Gasteiger charge is 2.41. The van der Waals surface area contributed by atoms with Crippen molar-refractivity contribution in [2.24, 2.45) is 5.73 Å². The molecule has 1 rings (SSSR count). The van der Waals surface area contributed by atoms with Crippen LogP contribution < -0.4 is 5.73 Å². The smallest absolute Gasteiger partial charge is 0.336 e. The van der Waals surface area contributed by atoms with Crippen molar-refractivity contribution in [3.63, 3.8) is 0 Å². The average Bonchev–Trinajstić information content (AvgIpc) is 2.31. The number of halogens is 3. The van der Waals surface area contributed by atoms with E-state index in [2.05, 4.69) is 15.9 Å². The van der Waals surface area contributed by atoms with E-state index in [-0.39, 0.29) is 4.47 Å².